The molecule has 1 aliphatic heterocycles. The van der Waals surface area contributed by atoms with E-state index in [0.717, 1.165) is 0 Å². The summed E-state index contributed by atoms with van der Waals surface area (Å²) in [5.41, 5.74) is 0.259. The molecule has 0 saturated carbocycles. The Hall–Kier alpha value is -0.300. The van der Waals surface area contributed by atoms with Gasteiger partial charge in [0.05, 0.1) is 5.60 Å². The first kappa shape index (κ1) is 4.57. The van der Waals surface area contributed by atoms with Crippen LogP contribution in [0.15, 0.2) is 12.2 Å². The fourth-order valence-corrected chi connectivity index (χ4v) is 1.29. The van der Waals surface area contributed by atoms with E-state index in [-0.39, 0.29) is 5.60 Å². The van der Waals surface area contributed by atoms with Gasteiger partial charge in [-0.2, -0.15) is 0 Å². The Morgan fingerprint density at radius 1 is 1.75 bits per heavy atom. The zero-order valence-corrected chi connectivity index (χ0v) is 5.05. The smallest absolute Gasteiger partial charge is 0.105 e. The van der Waals surface area contributed by atoms with Gasteiger partial charge in [-0.1, -0.05) is 12.2 Å². The van der Waals surface area contributed by atoms with E-state index in [1.807, 2.05) is 0 Å². The summed E-state index contributed by atoms with van der Waals surface area (Å²) in [6.45, 7) is 2.18. The van der Waals surface area contributed by atoms with Crippen molar-refractivity contribution in [1.82, 2.24) is 0 Å². The van der Waals surface area contributed by atoms with Crippen molar-refractivity contribution in [3.8, 4) is 0 Å². The van der Waals surface area contributed by atoms with Crippen molar-refractivity contribution in [1.29, 1.82) is 0 Å². The first-order valence-electron chi connectivity index (χ1n) is 3.16. The average Bonchev–Trinajstić information content (AvgIpc) is 2.39. The molecule has 2 rings (SSSR count). The number of epoxide rings is 1. The van der Waals surface area contributed by atoms with Gasteiger partial charge >= 0.3 is 0 Å². The molecule has 2 aliphatic rings. The first-order chi connectivity index (χ1) is 3.81. The fourth-order valence-electron chi connectivity index (χ4n) is 1.29. The molecule has 0 spiro atoms. The van der Waals surface area contributed by atoms with Crippen LogP contribution < -0.4 is 0 Å². The molecule has 0 aromatic heterocycles. The van der Waals surface area contributed by atoms with E-state index in [1.54, 1.807) is 0 Å². The van der Waals surface area contributed by atoms with Gasteiger partial charge in [0, 0.05) is 0 Å². The van der Waals surface area contributed by atoms with Crippen LogP contribution in [0.3, 0.4) is 0 Å². The van der Waals surface area contributed by atoms with Crippen LogP contribution in [0.25, 0.3) is 0 Å². The molecule has 2 atom stereocenters. The van der Waals surface area contributed by atoms with Gasteiger partial charge in [0.1, 0.15) is 6.10 Å². The molecule has 0 bridgehead atoms. The topological polar surface area (TPSA) is 12.5 Å². The van der Waals surface area contributed by atoms with Crippen LogP contribution in [0.5, 0.6) is 0 Å². The summed E-state index contributed by atoms with van der Waals surface area (Å²) in [6.07, 6.45) is 7.26. The third-order valence-corrected chi connectivity index (χ3v) is 2.06. The highest BCUT2D eigenvalue weighted by Crippen LogP contribution is 2.43. The van der Waals surface area contributed by atoms with Gasteiger partial charge in [-0.25, -0.2) is 0 Å². The Morgan fingerprint density at radius 2 is 2.62 bits per heavy atom. The van der Waals surface area contributed by atoms with Crippen LogP contribution in [0.4, 0.5) is 0 Å². The van der Waals surface area contributed by atoms with Crippen molar-refractivity contribution in [2.24, 2.45) is 0 Å². The summed E-state index contributed by atoms with van der Waals surface area (Å²) < 4.78 is 5.38. The summed E-state index contributed by atoms with van der Waals surface area (Å²) in [5.74, 6) is 0. The molecule has 1 aliphatic carbocycles. The third kappa shape index (κ3) is 0.451. The van der Waals surface area contributed by atoms with Crippen LogP contribution in [-0.2, 0) is 4.74 Å². The third-order valence-electron chi connectivity index (χ3n) is 2.06. The van der Waals surface area contributed by atoms with Crippen LogP contribution >= 0.6 is 0 Å². The van der Waals surface area contributed by atoms with Crippen LogP contribution in [-0.4, -0.2) is 11.7 Å². The van der Waals surface area contributed by atoms with Crippen molar-refractivity contribution in [2.45, 2.75) is 31.5 Å². The number of ether oxygens (including phenoxy) is 1. The molecule has 1 heteroatoms. The summed E-state index contributed by atoms with van der Waals surface area (Å²) >= 11 is 0. The van der Waals surface area contributed by atoms with Gasteiger partial charge < -0.3 is 4.74 Å². The minimum absolute atomic E-state index is 0.259. The van der Waals surface area contributed by atoms with E-state index in [1.165, 1.54) is 12.8 Å². The van der Waals surface area contributed by atoms with E-state index in [9.17, 15) is 0 Å². The molecular weight excluding hydrogens is 100 g/mol. The van der Waals surface area contributed by atoms with E-state index >= 15 is 0 Å². The second kappa shape index (κ2) is 1.16. The van der Waals surface area contributed by atoms with Crippen LogP contribution in [0.2, 0.25) is 0 Å². The summed E-state index contributed by atoms with van der Waals surface area (Å²) in [5, 5.41) is 0. The van der Waals surface area contributed by atoms with Gasteiger partial charge in [0.15, 0.2) is 0 Å². The minimum atomic E-state index is 0.259. The molecule has 1 saturated heterocycles. The molecule has 0 aromatic carbocycles. The first-order valence-corrected chi connectivity index (χ1v) is 3.16. The molecule has 0 radical (unpaired) electrons. The Labute approximate surface area is 49.3 Å². The number of hydrogen-bond donors (Lipinski definition) is 0. The van der Waals surface area contributed by atoms with Gasteiger partial charge in [-0.15, -0.1) is 0 Å². The molecule has 1 fully saturated rings. The standard InChI is InChI=1S/C7H10O/c1-7-5-3-2-4-6(7)8-7/h2,4,6H,3,5H2,1H3. The zero-order valence-electron chi connectivity index (χ0n) is 5.05. The van der Waals surface area contributed by atoms with E-state index < -0.39 is 0 Å². The maximum atomic E-state index is 5.38. The normalized spacial score (nSPS) is 50.9. The second-order valence-corrected chi connectivity index (χ2v) is 2.82. The predicted octanol–water partition coefficient (Wildman–Crippen LogP) is 1.49. The highest BCUT2D eigenvalue weighted by atomic mass is 16.6. The summed E-state index contributed by atoms with van der Waals surface area (Å²) in [7, 11) is 0. The molecule has 0 amide bonds. The Morgan fingerprint density at radius 3 is 3.12 bits per heavy atom. The highest BCUT2D eigenvalue weighted by molar-refractivity contribution is 5.15. The van der Waals surface area contributed by atoms with E-state index in [0.29, 0.717) is 6.10 Å². The largest absolute Gasteiger partial charge is 0.362 e. The highest BCUT2D eigenvalue weighted by Gasteiger charge is 2.50. The molecule has 44 valence electrons. The molecule has 1 nitrogen and oxygen atoms in total. The van der Waals surface area contributed by atoms with Crippen LogP contribution in [0, 0.1) is 0 Å². The van der Waals surface area contributed by atoms with Crippen molar-refractivity contribution in [2.75, 3.05) is 0 Å². The molecular formula is C7H10O. The number of fused-ring (bicyclic) bond motifs is 1. The Balaban J connectivity index is 2.20. The van der Waals surface area contributed by atoms with Gasteiger partial charge in [-0.05, 0) is 19.8 Å². The lowest BCUT2D eigenvalue weighted by Gasteiger charge is -2.04. The second-order valence-electron chi connectivity index (χ2n) is 2.82. The quantitative estimate of drug-likeness (QED) is 0.340. The maximum absolute atomic E-state index is 5.38. The molecule has 0 N–H and O–H groups in total. The Kier molecular flexibility index (Phi) is 0.662. The zero-order chi connectivity index (χ0) is 5.61. The maximum Gasteiger partial charge on any atom is 0.105 e. The van der Waals surface area contributed by atoms with Gasteiger partial charge in [0.2, 0.25) is 0 Å². The molecule has 8 heavy (non-hydrogen) atoms. The monoisotopic (exact) mass is 110 g/mol. The SMILES string of the molecule is CC12CCC=CC1O2. The average molecular weight is 110 g/mol. The van der Waals surface area contributed by atoms with Crippen molar-refractivity contribution in [3.63, 3.8) is 0 Å². The summed E-state index contributed by atoms with van der Waals surface area (Å²) in [6, 6.07) is 0. The van der Waals surface area contributed by atoms with Crippen LogP contribution in [0.1, 0.15) is 19.8 Å². The lowest BCUT2D eigenvalue weighted by atomic mass is 9.97. The Bertz CT molecular complexity index is 139. The predicted molar refractivity (Wildman–Crippen MR) is 31.7 cm³/mol. The van der Waals surface area contributed by atoms with Crippen molar-refractivity contribution in [3.05, 3.63) is 12.2 Å². The van der Waals surface area contributed by atoms with Crippen molar-refractivity contribution < 1.29 is 4.74 Å². The molecule has 1 heterocycles. The van der Waals surface area contributed by atoms with Crippen molar-refractivity contribution >= 4 is 0 Å². The van der Waals surface area contributed by atoms with Gasteiger partial charge in [0.25, 0.3) is 0 Å². The summed E-state index contributed by atoms with van der Waals surface area (Å²) in [4.78, 5) is 0. The molecule has 0 aromatic rings. The number of rotatable bonds is 0. The lowest BCUT2D eigenvalue weighted by molar-refractivity contribution is 0.307. The molecule has 2 unspecified atom stereocenters. The minimum Gasteiger partial charge on any atom is -0.362 e. The number of allylic oxidation sites excluding steroid dienone is 1. The fraction of sp³-hybridized carbons (Fsp3) is 0.714. The van der Waals surface area contributed by atoms with Gasteiger partial charge in [-0.3, -0.25) is 0 Å². The lowest BCUT2D eigenvalue weighted by Crippen LogP contribution is -2.10. The number of hydrogen-bond acceptors (Lipinski definition) is 1. The van der Waals surface area contributed by atoms with E-state index in [4.69, 9.17) is 4.74 Å². The van der Waals surface area contributed by atoms with E-state index in [2.05, 4.69) is 19.1 Å².